The number of nitrogens with one attached hydrogen (secondary N) is 1. The Morgan fingerprint density at radius 2 is 1.71 bits per heavy atom. The van der Waals surface area contributed by atoms with Gasteiger partial charge in [0.25, 0.3) is 5.91 Å². The largest absolute Gasteiger partial charge is 0.468 e. The molecule has 24 heavy (non-hydrogen) atoms. The minimum atomic E-state index is -0.118. The van der Waals surface area contributed by atoms with Crippen LogP contribution in [-0.4, -0.2) is 54.3 Å². The first-order valence-electron chi connectivity index (χ1n) is 8.07. The third kappa shape index (κ3) is 4.05. The molecule has 3 heterocycles. The second-order valence-electron chi connectivity index (χ2n) is 5.66. The molecule has 2 amide bonds. The van der Waals surface area contributed by atoms with Gasteiger partial charge in [-0.15, -0.1) is 0 Å². The molecule has 1 saturated heterocycles. The van der Waals surface area contributed by atoms with Crippen LogP contribution >= 0.6 is 0 Å². The normalized spacial score (nSPS) is 14.8. The molecule has 128 valence electrons. The number of furan rings is 2. The van der Waals surface area contributed by atoms with E-state index >= 15 is 0 Å². The average molecular weight is 331 g/mol. The number of carbonyl (C=O) groups is 2. The molecule has 1 aliphatic heterocycles. The van der Waals surface area contributed by atoms with Crippen LogP contribution in [0.4, 0.5) is 0 Å². The summed E-state index contributed by atoms with van der Waals surface area (Å²) >= 11 is 0. The number of amides is 2. The highest BCUT2D eigenvalue weighted by Gasteiger charge is 2.25. The lowest BCUT2D eigenvalue weighted by Gasteiger charge is -2.34. The predicted octanol–water partition coefficient (Wildman–Crippen LogP) is 1.34. The molecule has 1 fully saturated rings. The van der Waals surface area contributed by atoms with Crippen molar-refractivity contribution < 1.29 is 18.4 Å². The SMILES string of the molecule is O=C(CCNCc1ccco1)N1CCN(C(=O)c2ccco2)CC1. The Morgan fingerprint density at radius 1 is 1.00 bits per heavy atom. The Kier molecular flexibility index (Phi) is 5.32. The Balaban J connectivity index is 1.36. The molecule has 0 saturated carbocycles. The van der Waals surface area contributed by atoms with Gasteiger partial charge in [0.2, 0.25) is 5.91 Å². The van der Waals surface area contributed by atoms with Gasteiger partial charge in [-0.25, -0.2) is 0 Å². The van der Waals surface area contributed by atoms with Crippen LogP contribution in [0.3, 0.4) is 0 Å². The highest BCUT2D eigenvalue weighted by atomic mass is 16.3. The van der Waals surface area contributed by atoms with Crippen molar-refractivity contribution in [1.29, 1.82) is 0 Å². The van der Waals surface area contributed by atoms with Crippen LogP contribution < -0.4 is 5.32 Å². The molecule has 2 aromatic heterocycles. The fourth-order valence-corrected chi connectivity index (χ4v) is 2.69. The van der Waals surface area contributed by atoms with Crippen LogP contribution in [0.5, 0.6) is 0 Å². The van der Waals surface area contributed by atoms with Gasteiger partial charge in [0.05, 0.1) is 19.1 Å². The first-order chi connectivity index (χ1) is 11.7. The molecule has 0 bridgehead atoms. The van der Waals surface area contributed by atoms with E-state index in [9.17, 15) is 9.59 Å². The average Bonchev–Trinajstić information content (AvgIpc) is 3.31. The third-order valence-electron chi connectivity index (χ3n) is 4.05. The van der Waals surface area contributed by atoms with Gasteiger partial charge >= 0.3 is 0 Å². The Bertz CT molecular complexity index is 643. The number of hydrogen-bond acceptors (Lipinski definition) is 5. The first-order valence-corrected chi connectivity index (χ1v) is 8.07. The van der Waals surface area contributed by atoms with Crippen LogP contribution in [0.25, 0.3) is 0 Å². The van der Waals surface area contributed by atoms with Crippen LogP contribution in [-0.2, 0) is 11.3 Å². The van der Waals surface area contributed by atoms with E-state index in [1.165, 1.54) is 6.26 Å². The van der Waals surface area contributed by atoms with Crippen LogP contribution in [0.2, 0.25) is 0 Å². The van der Waals surface area contributed by atoms with Crippen LogP contribution in [0.1, 0.15) is 22.7 Å². The zero-order chi connectivity index (χ0) is 16.8. The van der Waals surface area contributed by atoms with E-state index in [1.54, 1.807) is 28.2 Å². The van der Waals surface area contributed by atoms with Gasteiger partial charge in [0.1, 0.15) is 5.76 Å². The number of rotatable bonds is 6. The fraction of sp³-hybridized carbons (Fsp3) is 0.412. The van der Waals surface area contributed by atoms with Crippen molar-refractivity contribution in [2.24, 2.45) is 0 Å². The molecule has 0 atom stereocenters. The second-order valence-corrected chi connectivity index (χ2v) is 5.66. The van der Waals surface area contributed by atoms with Crippen molar-refractivity contribution in [3.63, 3.8) is 0 Å². The zero-order valence-corrected chi connectivity index (χ0v) is 13.4. The summed E-state index contributed by atoms with van der Waals surface area (Å²) in [4.78, 5) is 27.9. The summed E-state index contributed by atoms with van der Waals surface area (Å²) < 4.78 is 10.3. The molecule has 2 aromatic rings. The van der Waals surface area contributed by atoms with E-state index in [-0.39, 0.29) is 11.8 Å². The maximum atomic E-state index is 12.2. The molecule has 7 heteroatoms. The van der Waals surface area contributed by atoms with Gasteiger partial charge in [-0.05, 0) is 24.3 Å². The molecule has 3 rings (SSSR count). The summed E-state index contributed by atoms with van der Waals surface area (Å²) in [6.45, 7) is 3.40. The van der Waals surface area contributed by atoms with Crippen molar-refractivity contribution in [3.05, 3.63) is 48.3 Å². The van der Waals surface area contributed by atoms with Crippen molar-refractivity contribution in [2.45, 2.75) is 13.0 Å². The Labute approximate surface area is 140 Å². The summed E-state index contributed by atoms with van der Waals surface area (Å²) in [5, 5.41) is 3.19. The lowest BCUT2D eigenvalue weighted by molar-refractivity contribution is -0.132. The summed E-state index contributed by atoms with van der Waals surface area (Å²) in [5.74, 6) is 1.18. The predicted molar refractivity (Wildman–Crippen MR) is 86.2 cm³/mol. The molecule has 0 radical (unpaired) electrons. The maximum absolute atomic E-state index is 12.2. The minimum Gasteiger partial charge on any atom is -0.468 e. The number of piperazine rings is 1. The summed E-state index contributed by atoms with van der Waals surface area (Å²) in [6.07, 6.45) is 3.56. The lowest BCUT2D eigenvalue weighted by atomic mass is 10.2. The second kappa shape index (κ2) is 7.83. The van der Waals surface area contributed by atoms with Crippen molar-refractivity contribution in [2.75, 3.05) is 32.7 Å². The van der Waals surface area contributed by atoms with E-state index < -0.39 is 0 Å². The minimum absolute atomic E-state index is 0.104. The molecule has 0 spiro atoms. The van der Waals surface area contributed by atoms with Gasteiger partial charge in [-0.2, -0.15) is 0 Å². The smallest absolute Gasteiger partial charge is 0.289 e. The van der Waals surface area contributed by atoms with Crippen molar-refractivity contribution in [3.8, 4) is 0 Å². The van der Waals surface area contributed by atoms with Gasteiger partial charge in [0.15, 0.2) is 5.76 Å². The highest BCUT2D eigenvalue weighted by molar-refractivity contribution is 5.91. The summed E-state index contributed by atoms with van der Waals surface area (Å²) in [6, 6.07) is 7.09. The molecular weight excluding hydrogens is 310 g/mol. The summed E-state index contributed by atoms with van der Waals surface area (Å²) in [5.41, 5.74) is 0. The monoisotopic (exact) mass is 331 g/mol. The van der Waals surface area contributed by atoms with Gasteiger partial charge in [-0.3, -0.25) is 9.59 Å². The molecule has 7 nitrogen and oxygen atoms in total. The van der Waals surface area contributed by atoms with Gasteiger partial charge < -0.3 is 24.0 Å². The van der Waals surface area contributed by atoms with Crippen molar-refractivity contribution >= 4 is 11.8 Å². The molecule has 0 aromatic carbocycles. The summed E-state index contributed by atoms with van der Waals surface area (Å²) in [7, 11) is 0. The molecule has 1 N–H and O–H groups in total. The van der Waals surface area contributed by atoms with Gasteiger partial charge in [0, 0.05) is 39.1 Å². The highest BCUT2D eigenvalue weighted by Crippen LogP contribution is 2.10. The van der Waals surface area contributed by atoms with E-state index in [0.29, 0.717) is 51.4 Å². The number of hydrogen-bond donors (Lipinski definition) is 1. The number of nitrogens with zero attached hydrogens (tertiary/aromatic N) is 2. The first kappa shape index (κ1) is 16.3. The van der Waals surface area contributed by atoms with Crippen LogP contribution in [0, 0.1) is 0 Å². The Hall–Kier alpha value is -2.54. The molecular formula is C17H21N3O4. The van der Waals surface area contributed by atoms with E-state index in [0.717, 1.165) is 5.76 Å². The number of carbonyl (C=O) groups excluding carboxylic acids is 2. The van der Waals surface area contributed by atoms with Gasteiger partial charge in [-0.1, -0.05) is 0 Å². The quantitative estimate of drug-likeness (QED) is 0.808. The topological polar surface area (TPSA) is 78.9 Å². The van der Waals surface area contributed by atoms with E-state index in [2.05, 4.69) is 5.32 Å². The van der Waals surface area contributed by atoms with E-state index in [1.807, 2.05) is 12.1 Å². The van der Waals surface area contributed by atoms with E-state index in [4.69, 9.17) is 8.83 Å². The molecule has 1 aliphatic rings. The van der Waals surface area contributed by atoms with Crippen molar-refractivity contribution in [1.82, 2.24) is 15.1 Å². The lowest BCUT2D eigenvalue weighted by Crippen LogP contribution is -2.50. The molecule has 0 aliphatic carbocycles. The maximum Gasteiger partial charge on any atom is 0.289 e. The molecule has 0 unspecified atom stereocenters. The standard InChI is InChI=1S/C17H21N3O4/c21-16(5-6-18-13-14-3-1-11-23-14)19-7-9-20(10-8-19)17(22)15-4-2-12-24-15/h1-4,11-12,18H,5-10,13H2. The zero-order valence-electron chi connectivity index (χ0n) is 13.4. The fourth-order valence-electron chi connectivity index (χ4n) is 2.69. The Morgan fingerprint density at radius 3 is 2.38 bits per heavy atom. The van der Waals surface area contributed by atoms with Crippen LogP contribution in [0.15, 0.2) is 45.6 Å². The third-order valence-corrected chi connectivity index (χ3v) is 4.05.